The Kier molecular flexibility index (Phi) is 10.2. The fraction of sp³-hybridized carbons (Fsp3) is 0.379. The highest BCUT2D eigenvalue weighted by atomic mass is 16.6. The standard InChI is InChI=1S/C29H38N4O5/c1-8-16-33(27(36)23(17-24(30)34)32-28(37)38-29(5,6)7)25(21-14-11-13-18(2)20(21)4)26(35)31-22-15-10-9-12-19(22)3/h8-15,23,25H,1,16-17H2,2-7H3,(H2,30,34)(H,31,35)(H,32,37). The highest BCUT2D eigenvalue weighted by molar-refractivity contribution is 6.00. The molecule has 38 heavy (non-hydrogen) atoms. The third-order valence-electron chi connectivity index (χ3n) is 5.91. The average molecular weight is 523 g/mol. The number of carbonyl (C=O) groups excluding carboxylic acids is 4. The minimum atomic E-state index is -1.36. The number of alkyl carbamates (subject to hydrolysis) is 1. The summed E-state index contributed by atoms with van der Waals surface area (Å²) in [6, 6.07) is 10.3. The number of primary amides is 1. The molecule has 2 aromatic rings. The molecule has 2 aromatic carbocycles. The lowest BCUT2D eigenvalue weighted by Gasteiger charge is -2.34. The Balaban J connectivity index is 2.58. The fourth-order valence-electron chi connectivity index (χ4n) is 3.95. The minimum Gasteiger partial charge on any atom is -0.444 e. The summed E-state index contributed by atoms with van der Waals surface area (Å²) in [4.78, 5) is 53.5. The number of aryl methyl sites for hydroxylation is 2. The minimum absolute atomic E-state index is 0.0384. The topological polar surface area (TPSA) is 131 Å². The number of para-hydroxylation sites is 1. The number of rotatable bonds is 10. The van der Waals surface area contributed by atoms with E-state index in [1.54, 1.807) is 39.0 Å². The molecule has 0 radical (unpaired) electrons. The number of carbonyl (C=O) groups is 4. The molecule has 0 fully saturated rings. The van der Waals surface area contributed by atoms with E-state index in [2.05, 4.69) is 17.2 Å². The summed E-state index contributed by atoms with van der Waals surface area (Å²) in [6.45, 7) is 14.4. The number of anilines is 1. The van der Waals surface area contributed by atoms with Gasteiger partial charge in [-0.1, -0.05) is 42.5 Å². The maximum atomic E-state index is 13.9. The van der Waals surface area contributed by atoms with Gasteiger partial charge in [-0.05, 0) is 69.9 Å². The van der Waals surface area contributed by atoms with Crippen LogP contribution in [-0.2, 0) is 19.1 Å². The molecule has 2 rings (SSSR count). The Bertz CT molecular complexity index is 1200. The molecule has 0 aromatic heterocycles. The Morgan fingerprint density at radius 1 is 1.03 bits per heavy atom. The van der Waals surface area contributed by atoms with Crippen molar-refractivity contribution in [3.63, 3.8) is 0 Å². The normalized spacial score (nSPS) is 12.6. The van der Waals surface area contributed by atoms with E-state index in [-0.39, 0.29) is 6.54 Å². The van der Waals surface area contributed by atoms with E-state index in [0.717, 1.165) is 16.7 Å². The van der Waals surface area contributed by atoms with E-state index >= 15 is 0 Å². The van der Waals surface area contributed by atoms with Gasteiger partial charge in [-0.2, -0.15) is 0 Å². The maximum Gasteiger partial charge on any atom is 0.408 e. The molecule has 0 saturated heterocycles. The summed E-state index contributed by atoms with van der Waals surface area (Å²) >= 11 is 0. The van der Waals surface area contributed by atoms with Crippen LogP contribution in [0.5, 0.6) is 0 Å². The van der Waals surface area contributed by atoms with Gasteiger partial charge in [0.1, 0.15) is 17.7 Å². The van der Waals surface area contributed by atoms with E-state index in [9.17, 15) is 19.2 Å². The highest BCUT2D eigenvalue weighted by Crippen LogP contribution is 2.29. The van der Waals surface area contributed by atoms with E-state index in [1.807, 2.05) is 45.0 Å². The van der Waals surface area contributed by atoms with Crippen LogP contribution in [0.15, 0.2) is 55.1 Å². The van der Waals surface area contributed by atoms with Crippen LogP contribution in [0.2, 0.25) is 0 Å². The van der Waals surface area contributed by atoms with Crippen LogP contribution < -0.4 is 16.4 Å². The molecule has 2 atom stereocenters. The number of nitrogens with one attached hydrogen (secondary N) is 2. The van der Waals surface area contributed by atoms with Crippen molar-refractivity contribution in [2.45, 2.75) is 65.6 Å². The smallest absolute Gasteiger partial charge is 0.408 e. The van der Waals surface area contributed by atoms with Crippen LogP contribution in [0.25, 0.3) is 0 Å². The van der Waals surface area contributed by atoms with Gasteiger partial charge in [-0.25, -0.2) is 4.79 Å². The lowest BCUT2D eigenvalue weighted by atomic mass is 9.94. The van der Waals surface area contributed by atoms with Crippen molar-refractivity contribution >= 4 is 29.5 Å². The molecule has 4 amide bonds. The first kappa shape index (κ1) is 30.1. The van der Waals surface area contributed by atoms with Crippen molar-refractivity contribution < 1.29 is 23.9 Å². The zero-order valence-electron chi connectivity index (χ0n) is 23.0. The van der Waals surface area contributed by atoms with Crippen molar-refractivity contribution in [3.05, 3.63) is 77.4 Å². The van der Waals surface area contributed by atoms with Gasteiger partial charge < -0.3 is 26.0 Å². The second-order valence-electron chi connectivity index (χ2n) is 10.1. The summed E-state index contributed by atoms with van der Waals surface area (Å²) in [5, 5.41) is 5.38. The summed E-state index contributed by atoms with van der Waals surface area (Å²) in [6.07, 6.45) is 0.111. The number of ether oxygens (including phenoxy) is 1. The SMILES string of the molecule is C=CCN(C(=O)C(CC(N)=O)NC(=O)OC(C)(C)C)C(C(=O)Nc1ccccc1C)c1cccc(C)c1C. The number of nitrogens with zero attached hydrogens (tertiary/aromatic N) is 1. The monoisotopic (exact) mass is 522 g/mol. The van der Waals surface area contributed by atoms with Gasteiger partial charge in [0, 0.05) is 12.2 Å². The predicted octanol–water partition coefficient (Wildman–Crippen LogP) is 4.07. The van der Waals surface area contributed by atoms with Gasteiger partial charge in [0.15, 0.2) is 0 Å². The molecule has 9 heteroatoms. The van der Waals surface area contributed by atoms with Crippen LogP contribution in [0.4, 0.5) is 10.5 Å². The molecule has 0 aliphatic carbocycles. The second kappa shape index (κ2) is 12.9. The van der Waals surface area contributed by atoms with Crippen molar-refractivity contribution in [2.75, 3.05) is 11.9 Å². The Morgan fingerprint density at radius 2 is 1.66 bits per heavy atom. The van der Waals surface area contributed by atoms with Crippen LogP contribution in [0.1, 0.15) is 55.5 Å². The number of amides is 4. The Hall–Kier alpha value is -4.14. The number of hydrogen-bond acceptors (Lipinski definition) is 5. The fourth-order valence-corrected chi connectivity index (χ4v) is 3.95. The predicted molar refractivity (Wildman–Crippen MR) is 147 cm³/mol. The molecule has 2 unspecified atom stereocenters. The van der Waals surface area contributed by atoms with E-state index in [1.165, 1.54) is 11.0 Å². The zero-order valence-corrected chi connectivity index (χ0v) is 23.0. The quantitative estimate of drug-likeness (QED) is 0.405. The van der Waals surface area contributed by atoms with Gasteiger partial charge in [-0.3, -0.25) is 14.4 Å². The van der Waals surface area contributed by atoms with Crippen LogP contribution >= 0.6 is 0 Å². The highest BCUT2D eigenvalue weighted by Gasteiger charge is 2.37. The van der Waals surface area contributed by atoms with Crippen molar-refractivity contribution in [1.29, 1.82) is 0 Å². The molecule has 4 N–H and O–H groups in total. The first-order valence-electron chi connectivity index (χ1n) is 12.4. The zero-order chi connectivity index (χ0) is 28.6. The second-order valence-corrected chi connectivity index (χ2v) is 10.1. The van der Waals surface area contributed by atoms with E-state index < -0.39 is 47.9 Å². The third-order valence-corrected chi connectivity index (χ3v) is 5.91. The van der Waals surface area contributed by atoms with Crippen LogP contribution in [-0.4, -0.2) is 46.9 Å². The largest absolute Gasteiger partial charge is 0.444 e. The van der Waals surface area contributed by atoms with E-state index in [4.69, 9.17) is 10.5 Å². The van der Waals surface area contributed by atoms with Crippen molar-refractivity contribution in [3.8, 4) is 0 Å². The summed E-state index contributed by atoms with van der Waals surface area (Å²) in [5.74, 6) is -1.94. The third kappa shape index (κ3) is 8.19. The molecule has 9 nitrogen and oxygen atoms in total. The summed E-state index contributed by atoms with van der Waals surface area (Å²) < 4.78 is 5.29. The molecule has 0 spiro atoms. The number of hydrogen-bond donors (Lipinski definition) is 3. The molecule has 204 valence electrons. The van der Waals surface area contributed by atoms with Crippen molar-refractivity contribution in [1.82, 2.24) is 10.2 Å². The molecule has 0 bridgehead atoms. The molecular formula is C29H38N4O5. The molecule has 0 aliphatic heterocycles. The lowest BCUT2D eigenvalue weighted by Crippen LogP contribution is -2.53. The molecular weight excluding hydrogens is 484 g/mol. The number of nitrogens with two attached hydrogens (primary N) is 1. The van der Waals surface area contributed by atoms with Gasteiger partial charge in [-0.15, -0.1) is 6.58 Å². The Labute approximate surface area is 224 Å². The summed E-state index contributed by atoms with van der Waals surface area (Å²) in [5.41, 5.74) is 8.38. The molecule has 0 heterocycles. The first-order chi connectivity index (χ1) is 17.7. The summed E-state index contributed by atoms with van der Waals surface area (Å²) in [7, 11) is 0. The maximum absolute atomic E-state index is 13.9. The van der Waals surface area contributed by atoms with Crippen LogP contribution in [0, 0.1) is 20.8 Å². The van der Waals surface area contributed by atoms with Crippen LogP contribution in [0.3, 0.4) is 0 Å². The Morgan fingerprint density at radius 3 is 2.24 bits per heavy atom. The lowest BCUT2D eigenvalue weighted by molar-refractivity contribution is -0.141. The van der Waals surface area contributed by atoms with Crippen molar-refractivity contribution in [2.24, 2.45) is 5.73 Å². The molecule has 0 saturated carbocycles. The average Bonchev–Trinajstić information content (AvgIpc) is 2.80. The first-order valence-corrected chi connectivity index (χ1v) is 12.4. The van der Waals surface area contributed by atoms with Gasteiger partial charge >= 0.3 is 6.09 Å². The van der Waals surface area contributed by atoms with E-state index in [0.29, 0.717) is 11.3 Å². The van der Waals surface area contributed by atoms with Gasteiger partial charge in [0.25, 0.3) is 5.91 Å². The molecule has 0 aliphatic rings. The van der Waals surface area contributed by atoms with Gasteiger partial charge in [0.2, 0.25) is 11.8 Å². The number of benzene rings is 2. The van der Waals surface area contributed by atoms with Gasteiger partial charge in [0.05, 0.1) is 6.42 Å².